The van der Waals surface area contributed by atoms with E-state index in [1.165, 1.54) is 0 Å². The summed E-state index contributed by atoms with van der Waals surface area (Å²) < 4.78 is 10.5. The number of rotatable bonds is 9. The second-order valence-electron chi connectivity index (χ2n) is 5.58. The first-order valence-corrected chi connectivity index (χ1v) is 8.28. The highest BCUT2D eigenvalue weighted by Gasteiger charge is 2.16. The maximum atomic E-state index is 12.5. The molecule has 0 saturated heterocycles. The van der Waals surface area contributed by atoms with E-state index in [1.807, 2.05) is 29.2 Å². The molecule has 0 aliphatic heterocycles. The summed E-state index contributed by atoms with van der Waals surface area (Å²) in [5.74, 6) is 1.47. The van der Waals surface area contributed by atoms with E-state index >= 15 is 0 Å². The van der Waals surface area contributed by atoms with Gasteiger partial charge >= 0.3 is 0 Å². The van der Waals surface area contributed by atoms with Gasteiger partial charge in [0.2, 0.25) is 5.91 Å². The zero-order valence-corrected chi connectivity index (χ0v) is 15.0. The minimum absolute atomic E-state index is 0.0469. The minimum atomic E-state index is 0.0469. The Morgan fingerprint density at radius 3 is 2.57 bits per heavy atom. The van der Waals surface area contributed by atoms with Gasteiger partial charge in [0.05, 0.1) is 14.2 Å². The van der Waals surface area contributed by atoms with Crippen molar-refractivity contribution in [2.24, 2.45) is 0 Å². The molecule has 1 aromatic carbocycles. The quantitative estimate of drug-likeness (QED) is 0.642. The van der Waals surface area contributed by atoms with Crippen molar-refractivity contribution in [2.45, 2.75) is 46.1 Å². The van der Waals surface area contributed by atoms with Gasteiger partial charge in [-0.15, -0.1) is 0 Å². The molecule has 0 bridgehead atoms. The molecule has 23 heavy (non-hydrogen) atoms. The SMILES string of the molecule is CCCCN(C(=O)/C=C/c1ccc(OC)cc1OC)C(C)CC. The Hall–Kier alpha value is -1.97. The van der Waals surface area contributed by atoms with E-state index in [0.717, 1.165) is 37.1 Å². The molecule has 0 radical (unpaired) electrons. The van der Waals surface area contributed by atoms with Crippen LogP contribution in [0.3, 0.4) is 0 Å². The van der Waals surface area contributed by atoms with E-state index in [1.54, 1.807) is 20.3 Å². The number of carbonyl (C=O) groups excluding carboxylic acids is 1. The van der Waals surface area contributed by atoms with Crippen molar-refractivity contribution in [3.63, 3.8) is 0 Å². The lowest BCUT2D eigenvalue weighted by Crippen LogP contribution is -2.37. The third-order valence-corrected chi connectivity index (χ3v) is 4.00. The predicted octanol–water partition coefficient (Wildman–Crippen LogP) is 4.14. The zero-order chi connectivity index (χ0) is 17.2. The molecule has 128 valence electrons. The fourth-order valence-electron chi connectivity index (χ4n) is 2.31. The number of benzene rings is 1. The van der Waals surface area contributed by atoms with Crippen molar-refractivity contribution in [1.29, 1.82) is 0 Å². The Morgan fingerprint density at radius 2 is 2.00 bits per heavy atom. The fraction of sp³-hybridized carbons (Fsp3) is 0.526. The number of hydrogen-bond acceptors (Lipinski definition) is 3. The summed E-state index contributed by atoms with van der Waals surface area (Å²) in [6, 6.07) is 5.81. The van der Waals surface area contributed by atoms with E-state index in [-0.39, 0.29) is 11.9 Å². The highest BCUT2D eigenvalue weighted by Crippen LogP contribution is 2.25. The first kappa shape index (κ1) is 19.1. The second kappa shape index (κ2) is 9.93. The molecule has 4 heteroatoms. The smallest absolute Gasteiger partial charge is 0.246 e. The van der Waals surface area contributed by atoms with Crippen LogP contribution < -0.4 is 9.47 Å². The van der Waals surface area contributed by atoms with Crippen LogP contribution in [0.4, 0.5) is 0 Å². The summed E-state index contributed by atoms with van der Waals surface area (Å²) in [4.78, 5) is 14.5. The molecule has 4 nitrogen and oxygen atoms in total. The van der Waals surface area contributed by atoms with Crippen LogP contribution in [0.1, 0.15) is 45.6 Å². The number of methoxy groups -OCH3 is 2. The van der Waals surface area contributed by atoms with Crippen molar-refractivity contribution < 1.29 is 14.3 Å². The maximum Gasteiger partial charge on any atom is 0.246 e. The number of carbonyl (C=O) groups is 1. The van der Waals surface area contributed by atoms with Gasteiger partial charge in [-0.3, -0.25) is 4.79 Å². The van der Waals surface area contributed by atoms with Gasteiger partial charge in [0, 0.05) is 30.3 Å². The lowest BCUT2D eigenvalue weighted by atomic mass is 10.1. The van der Waals surface area contributed by atoms with Crippen LogP contribution in [0.5, 0.6) is 11.5 Å². The third kappa shape index (κ3) is 5.62. The molecule has 0 aromatic heterocycles. The van der Waals surface area contributed by atoms with Gasteiger partial charge in [0.25, 0.3) is 0 Å². The Kier molecular flexibility index (Phi) is 8.23. The molecular formula is C19H29NO3. The third-order valence-electron chi connectivity index (χ3n) is 4.00. The Balaban J connectivity index is 2.90. The molecule has 0 spiro atoms. The van der Waals surface area contributed by atoms with E-state index in [9.17, 15) is 4.79 Å². The number of unbranched alkanes of at least 4 members (excludes halogenated alkanes) is 1. The molecule has 0 heterocycles. The van der Waals surface area contributed by atoms with E-state index in [4.69, 9.17) is 9.47 Å². The summed E-state index contributed by atoms with van der Waals surface area (Å²) >= 11 is 0. The molecule has 0 aliphatic rings. The minimum Gasteiger partial charge on any atom is -0.497 e. The normalized spacial score (nSPS) is 12.2. The first-order chi connectivity index (χ1) is 11.1. The second-order valence-corrected chi connectivity index (χ2v) is 5.58. The Labute approximate surface area is 140 Å². The Bertz CT molecular complexity index is 525. The molecule has 1 amide bonds. The monoisotopic (exact) mass is 319 g/mol. The maximum absolute atomic E-state index is 12.5. The topological polar surface area (TPSA) is 38.8 Å². The lowest BCUT2D eigenvalue weighted by molar-refractivity contribution is -0.128. The standard InChI is InChI=1S/C19H29NO3/c1-6-8-13-20(15(3)7-2)19(21)12-10-16-9-11-17(22-4)14-18(16)23-5/h9-12,14-15H,6-8,13H2,1-5H3/b12-10+. The first-order valence-electron chi connectivity index (χ1n) is 8.28. The summed E-state index contributed by atoms with van der Waals surface area (Å²) in [7, 11) is 3.23. The largest absolute Gasteiger partial charge is 0.497 e. The van der Waals surface area contributed by atoms with Crippen molar-refractivity contribution >= 4 is 12.0 Å². The average Bonchev–Trinajstić information content (AvgIpc) is 2.59. The predicted molar refractivity (Wildman–Crippen MR) is 95.0 cm³/mol. The van der Waals surface area contributed by atoms with Crippen LogP contribution in [0, 0.1) is 0 Å². The van der Waals surface area contributed by atoms with Crippen LogP contribution in [0.25, 0.3) is 6.08 Å². The van der Waals surface area contributed by atoms with Crippen LogP contribution >= 0.6 is 0 Å². The van der Waals surface area contributed by atoms with Crippen LogP contribution in [-0.2, 0) is 4.79 Å². The van der Waals surface area contributed by atoms with Crippen molar-refractivity contribution in [3.8, 4) is 11.5 Å². The number of hydrogen-bond donors (Lipinski definition) is 0. The molecular weight excluding hydrogens is 290 g/mol. The van der Waals surface area contributed by atoms with Gasteiger partial charge in [-0.25, -0.2) is 0 Å². The molecule has 0 saturated carbocycles. The van der Waals surface area contributed by atoms with Gasteiger partial charge in [0.15, 0.2) is 0 Å². The van der Waals surface area contributed by atoms with Crippen molar-refractivity contribution in [2.75, 3.05) is 20.8 Å². The van der Waals surface area contributed by atoms with Gasteiger partial charge < -0.3 is 14.4 Å². The van der Waals surface area contributed by atoms with Crippen molar-refractivity contribution in [1.82, 2.24) is 4.90 Å². The summed E-state index contributed by atoms with van der Waals surface area (Å²) in [5.41, 5.74) is 0.862. The molecule has 1 unspecified atom stereocenters. The average molecular weight is 319 g/mol. The van der Waals surface area contributed by atoms with E-state index in [0.29, 0.717) is 5.75 Å². The van der Waals surface area contributed by atoms with Crippen LogP contribution in [0.2, 0.25) is 0 Å². The fourth-order valence-corrected chi connectivity index (χ4v) is 2.31. The van der Waals surface area contributed by atoms with Crippen LogP contribution in [0.15, 0.2) is 24.3 Å². The highest BCUT2D eigenvalue weighted by atomic mass is 16.5. The number of ether oxygens (including phenoxy) is 2. The van der Waals surface area contributed by atoms with E-state index in [2.05, 4.69) is 20.8 Å². The highest BCUT2D eigenvalue weighted by molar-refractivity contribution is 5.92. The lowest BCUT2D eigenvalue weighted by Gasteiger charge is -2.27. The Morgan fingerprint density at radius 1 is 1.26 bits per heavy atom. The molecule has 0 N–H and O–H groups in total. The molecule has 0 fully saturated rings. The summed E-state index contributed by atoms with van der Waals surface area (Å²) in [6.45, 7) is 7.13. The van der Waals surface area contributed by atoms with E-state index < -0.39 is 0 Å². The molecule has 1 atom stereocenters. The molecule has 0 aliphatic carbocycles. The van der Waals surface area contributed by atoms with Gasteiger partial charge in [-0.05, 0) is 38.0 Å². The molecule has 1 aromatic rings. The summed E-state index contributed by atoms with van der Waals surface area (Å²) in [6.07, 6.45) is 6.50. The van der Waals surface area contributed by atoms with Gasteiger partial charge in [-0.1, -0.05) is 20.3 Å². The van der Waals surface area contributed by atoms with Gasteiger partial charge in [-0.2, -0.15) is 0 Å². The number of nitrogens with zero attached hydrogens (tertiary/aromatic N) is 1. The van der Waals surface area contributed by atoms with Crippen molar-refractivity contribution in [3.05, 3.63) is 29.8 Å². The van der Waals surface area contributed by atoms with Crippen LogP contribution in [-0.4, -0.2) is 37.6 Å². The van der Waals surface area contributed by atoms with Gasteiger partial charge in [0.1, 0.15) is 11.5 Å². The number of amides is 1. The zero-order valence-electron chi connectivity index (χ0n) is 15.0. The summed E-state index contributed by atoms with van der Waals surface area (Å²) in [5, 5.41) is 0. The molecule has 1 rings (SSSR count).